The Labute approximate surface area is 95.7 Å². The highest BCUT2D eigenvalue weighted by Crippen LogP contribution is 2.39. The average Bonchev–Trinajstić information content (AvgIpc) is 2.15. The molecule has 4 nitrogen and oxygen atoms in total. The predicted octanol–water partition coefficient (Wildman–Crippen LogP) is 1.75. The number of hydrogen-bond acceptors (Lipinski definition) is 3. The van der Waals surface area contributed by atoms with Crippen LogP contribution in [0.1, 0.15) is 52.4 Å². The molecule has 92 valence electrons. The van der Waals surface area contributed by atoms with E-state index < -0.39 is 17.0 Å². The van der Waals surface area contributed by atoms with Crippen LogP contribution in [-0.2, 0) is 9.59 Å². The first-order valence-corrected chi connectivity index (χ1v) is 5.77. The molecule has 1 fully saturated rings. The molecule has 0 aromatic rings. The molecule has 0 aliphatic heterocycles. The minimum atomic E-state index is -1.24. The second-order valence-corrected chi connectivity index (χ2v) is 5.33. The van der Waals surface area contributed by atoms with E-state index in [9.17, 15) is 19.8 Å². The molecule has 0 heterocycles. The number of carbonyl (C=O) groups excluding carboxylic acids is 1. The van der Waals surface area contributed by atoms with E-state index in [0.29, 0.717) is 19.3 Å². The first-order chi connectivity index (χ1) is 7.28. The van der Waals surface area contributed by atoms with Crippen LogP contribution in [0.5, 0.6) is 0 Å². The van der Waals surface area contributed by atoms with Crippen LogP contribution < -0.4 is 0 Å². The van der Waals surface area contributed by atoms with Crippen LogP contribution in [0.25, 0.3) is 0 Å². The smallest absolute Gasteiger partial charge is 0.317 e. The number of aliphatic hydroxyl groups is 1. The van der Waals surface area contributed by atoms with Crippen LogP contribution in [-0.4, -0.2) is 27.6 Å². The molecule has 0 saturated heterocycles. The SMILES string of the molecule is CC(C)(O)CCC1(C(=O)O)CCCCC1=O. The van der Waals surface area contributed by atoms with Crippen molar-refractivity contribution in [2.24, 2.45) is 5.41 Å². The third-order valence-electron chi connectivity index (χ3n) is 3.36. The Hall–Kier alpha value is -0.900. The Bertz CT molecular complexity index is 290. The summed E-state index contributed by atoms with van der Waals surface area (Å²) in [5.74, 6) is -1.20. The van der Waals surface area contributed by atoms with Gasteiger partial charge in [0.15, 0.2) is 0 Å². The quantitative estimate of drug-likeness (QED) is 0.719. The number of rotatable bonds is 4. The van der Waals surface area contributed by atoms with E-state index in [1.165, 1.54) is 0 Å². The summed E-state index contributed by atoms with van der Waals surface area (Å²) in [6.45, 7) is 3.27. The number of carboxylic acids is 1. The molecule has 2 N–H and O–H groups in total. The molecule has 4 heteroatoms. The monoisotopic (exact) mass is 228 g/mol. The number of hydrogen-bond donors (Lipinski definition) is 2. The van der Waals surface area contributed by atoms with E-state index in [1.807, 2.05) is 0 Å². The minimum Gasteiger partial charge on any atom is -0.480 e. The van der Waals surface area contributed by atoms with E-state index in [0.717, 1.165) is 12.8 Å². The van der Waals surface area contributed by atoms with Gasteiger partial charge < -0.3 is 10.2 Å². The average molecular weight is 228 g/mol. The van der Waals surface area contributed by atoms with Crippen LogP contribution >= 0.6 is 0 Å². The molecule has 1 aliphatic carbocycles. The minimum absolute atomic E-state index is 0.171. The molecule has 1 aliphatic rings. The summed E-state index contributed by atoms with van der Waals surface area (Å²) in [5.41, 5.74) is -2.15. The van der Waals surface area contributed by atoms with Gasteiger partial charge in [-0.1, -0.05) is 6.42 Å². The summed E-state index contributed by atoms with van der Waals surface area (Å²) in [6, 6.07) is 0. The van der Waals surface area contributed by atoms with Crippen molar-refractivity contribution in [1.29, 1.82) is 0 Å². The molecule has 1 atom stereocenters. The fourth-order valence-electron chi connectivity index (χ4n) is 2.21. The first kappa shape index (κ1) is 13.2. The maximum atomic E-state index is 11.8. The Kier molecular flexibility index (Phi) is 3.73. The zero-order valence-electron chi connectivity index (χ0n) is 9.95. The van der Waals surface area contributed by atoms with Crippen molar-refractivity contribution in [3.63, 3.8) is 0 Å². The second-order valence-electron chi connectivity index (χ2n) is 5.33. The topological polar surface area (TPSA) is 74.6 Å². The van der Waals surface area contributed by atoms with Crippen LogP contribution in [0.2, 0.25) is 0 Å². The molecule has 1 rings (SSSR count). The summed E-state index contributed by atoms with van der Waals surface area (Å²) in [7, 11) is 0. The van der Waals surface area contributed by atoms with Crippen LogP contribution in [0.4, 0.5) is 0 Å². The third kappa shape index (κ3) is 2.82. The van der Waals surface area contributed by atoms with Gasteiger partial charge in [-0.25, -0.2) is 0 Å². The number of aliphatic carboxylic acids is 1. The molecule has 0 aromatic carbocycles. The molecule has 0 spiro atoms. The molecule has 1 unspecified atom stereocenters. The van der Waals surface area contributed by atoms with E-state index in [2.05, 4.69) is 0 Å². The summed E-state index contributed by atoms with van der Waals surface area (Å²) >= 11 is 0. The van der Waals surface area contributed by atoms with Gasteiger partial charge in [0, 0.05) is 6.42 Å². The van der Waals surface area contributed by atoms with Gasteiger partial charge in [-0.15, -0.1) is 0 Å². The van der Waals surface area contributed by atoms with Crippen LogP contribution in [0.3, 0.4) is 0 Å². The summed E-state index contributed by atoms with van der Waals surface area (Å²) in [6.07, 6.45) is 2.92. The Balaban J connectivity index is 2.80. The fourth-order valence-corrected chi connectivity index (χ4v) is 2.21. The summed E-state index contributed by atoms with van der Waals surface area (Å²) in [4.78, 5) is 23.1. The molecule has 1 saturated carbocycles. The highest BCUT2D eigenvalue weighted by Gasteiger charge is 2.46. The molecular weight excluding hydrogens is 208 g/mol. The Morgan fingerprint density at radius 1 is 1.44 bits per heavy atom. The lowest BCUT2D eigenvalue weighted by molar-refractivity contribution is -0.158. The van der Waals surface area contributed by atoms with Crippen molar-refractivity contribution in [2.45, 2.75) is 58.0 Å². The largest absolute Gasteiger partial charge is 0.480 e. The first-order valence-electron chi connectivity index (χ1n) is 5.77. The lowest BCUT2D eigenvalue weighted by Crippen LogP contribution is -2.43. The normalized spacial score (nSPS) is 26.8. The third-order valence-corrected chi connectivity index (χ3v) is 3.36. The second kappa shape index (κ2) is 4.53. The van der Waals surface area contributed by atoms with Crippen molar-refractivity contribution in [3.8, 4) is 0 Å². The molecule has 0 aromatic heterocycles. The lowest BCUT2D eigenvalue weighted by atomic mass is 9.69. The van der Waals surface area contributed by atoms with Crippen molar-refractivity contribution in [2.75, 3.05) is 0 Å². The van der Waals surface area contributed by atoms with Gasteiger partial charge >= 0.3 is 5.97 Å². The maximum Gasteiger partial charge on any atom is 0.317 e. The molecule has 0 bridgehead atoms. The van der Waals surface area contributed by atoms with Gasteiger partial charge in [-0.3, -0.25) is 9.59 Å². The maximum absolute atomic E-state index is 11.8. The molecule has 0 radical (unpaired) electrons. The zero-order valence-corrected chi connectivity index (χ0v) is 9.95. The predicted molar refractivity (Wildman–Crippen MR) is 59.1 cm³/mol. The molecule has 16 heavy (non-hydrogen) atoms. The summed E-state index contributed by atoms with van der Waals surface area (Å²) < 4.78 is 0. The van der Waals surface area contributed by atoms with Gasteiger partial charge in [-0.05, 0) is 39.5 Å². The highest BCUT2D eigenvalue weighted by molar-refractivity contribution is 6.03. The Morgan fingerprint density at radius 2 is 2.06 bits per heavy atom. The van der Waals surface area contributed by atoms with Gasteiger partial charge in [0.25, 0.3) is 0 Å². The van der Waals surface area contributed by atoms with E-state index in [-0.39, 0.29) is 12.2 Å². The number of ketones is 1. The van der Waals surface area contributed by atoms with Crippen molar-refractivity contribution < 1.29 is 19.8 Å². The van der Waals surface area contributed by atoms with Gasteiger partial charge in [0.05, 0.1) is 5.60 Å². The molecule has 0 amide bonds. The van der Waals surface area contributed by atoms with Crippen molar-refractivity contribution >= 4 is 11.8 Å². The van der Waals surface area contributed by atoms with Crippen molar-refractivity contribution in [1.82, 2.24) is 0 Å². The van der Waals surface area contributed by atoms with Crippen LogP contribution in [0.15, 0.2) is 0 Å². The zero-order chi connectivity index (χ0) is 12.4. The highest BCUT2D eigenvalue weighted by atomic mass is 16.4. The van der Waals surface area contributed by atoms with Crippen molar-refractivity contribution in [3.05, 3.63) is 0 Å². The number of Topliss-reactive ketones (excluding diaryl/α,β-unsaturated/α-hetero) is 1. The van der Waals surface area contributed by atoms with Gasteiger partial charge in [-0.2, -0.15) is 0 Å². The van der Waals surface area contributed by atoms with E-state index in [1.54, 1.807) is 13.8 Å². The Morgan fingerprint density at radius 3 is 2.50 bits per heavy atom. The number of carbonyl (C=O) groups is 2. The van der Waals surface area contributed by atoms with E-state index >= 15 is 0 Å². The standard InChI is InChI=1S/C12H20O4/c1-11(2,16)7-8-12(10(14)15)6-4-3-5-9(12)13/h16H,3-8H2,1-2H3,(H,14,15). The molecular formula is C12H20O4. The van der Waals surface area contributed by atoms with Crippen LogP contribution in [0, 0.1) is 5.41 Å². The van der Waals surface area contributed by atoms with Gasteiger partial charge in [0.2, 0.25) is 0 Å². The van der Waals surface area contributed by atoms with E-state index in [4.69, 9.17) is 0 Å². The fraction of sp³-hybridized carbons (Fsp3) is 0.833. The lowest BCUT2D eigenvalue weighted by Gasteiger charge is -2.33. The summed E-state index contributed by atoms with van der Waals surface area (Å²) in [5, 5.41) is 18.9. The van der Waals surface area contributed by atoms with Gasteiger partial charge in [0.1, 0.15) is 11.2 Å². The number of carboxylic acid groups (broad SMARTS) is 1.